The van der Waals surface area contributed by atoms with Gasteiger partial charge in [0.25, 0.3) is 5.91 Å². The van der Waals surface area contributed by atoms with Crippen molar-refractivity contribution >= 4 is 17.6 Å². The Hall–Kier alpha value is -4.26. The highest BCUT2D eigenvalue weighted by molar-refractivity contribution is 6.04. The summed E-state index contributed by atoms with van der Waals surface area (Å²) >= 11 is 0. The molecule has 7 nitrogen and oxygen atoms in total. The zero-order valence-electron chi connectivity index (χ0n) is 16.1. The Morgan fingerprint density at radius 3 is 2.43 bits per heavy atom. The van der Waals surface area contributed by atoms with Gasteiger partial charge in [0.2, 0.25) is 0 Å². The van der Waals surface area contributed by atoms with Gasteiger partial charge in [-0.25, -0.2) is 9.48 Å². The van der Waals surface area contributed by atoms with Gasteiger partial charge in [-0.05, 0) is 55.5 Å². The summed E-state index contributed by atoms with van der Waals surface area (Å²) in [5.74, 6) is -0.451. The summed E-state index contributed by atoms with van der Waals surface area (Å²) in [5, 5.41) is 7.13. The van der Waals surface area contributed by atoms with Crippen molar-refractivity contribution in [2.24, 2.45) is 0 Å². The molecule has 2 heterocycles. The van der Waals surface area contributed by atoms with Crippen LogP contribution in [0, 0.1) is 6.92 Å². The molecule has 2 aromatic heterocycles. The smallest absolute Gasteiger partial charge is 0.347 e. The second kappa shape index (κ2) is 8.40. The number of para-hydroxylation sites is 1. The van der Waals surface area contributed by atoms with E-state index >= 15 is 0 Å². The van der Waals surface area contributed by atoms with Gasteiger partial charge in [-0.15, -0.1) is 0 Å². The lowest BCUT2D eigenvalue weighted by Gasteiger charge is -2.06. The molecule has 0 saturated heterocycles. The van der Waals surface area contributed by atoms with Crippen LogP contribution in [0.4, 0.5) is 5.69 Å². The lowest BCUT2D eigenvalue weighted by molar-refractivity contribution is 0.0734. The fourth-order valence-corrected chi connectivity index (χ4v) is 2.85. The first-order valence-corrected chi connectivity index (χ1v) is 9.25. The number of carbonyl (C=O) groups excluding carboxylic acids is 2. The number of esters is 1. The van der Waals surface area contributed by atoms with Gasteiger partial charge in [0.15, 0.2) is 0 Å². The van der Waals surface area contributed by atoms with Crippen molar-refractivity contribution in [3.8, 4) is 11.4 Å². The van der Waals surface area contributed by atoms with Gasteiger partial charge < -0.3 is 10.1 Å². The number of pyridine rings is 1. The van der Waals surface area contributed by atoms with Gasteiger partial charge in [0.1, 0.15) is 11.3 Å². The molecule has 0 radical (unpaired) electrons. The summed E-state index contributed by atoms with van der Waals surface area (Å²) in [7, 11) is 0. The van der Waals surface area contributed by atoms with E-state index in [0.29, 0.717) is 28.3 Å². The van der Waals surface area contributed by atoms with Crippen LogP contribution in [-0.4, -0.2) is 26.6 Å². The second-order valence-electron chi connectivity index (χ2n) is 6.52. The van der Waals surface area contributed by atoms with Gasteiger partial charge in [0, 0.05) is 18.0 Å². The lowest BCUT2D eigenvalue weighted by Crippen LogP contribution is -2.12. The summed E-state index contributed by atoms with van der Waals surface area (Å²) < 4.78 is 7.09. The molecule has 0 unspecified atom stereocenters. The number of hydrogen-bond acceptors (Lipinski definition) is 5. The van der Waals surface area contributed by atoms with E-state index in [1.807, 2.05) is 30.3 Å². The molecule has 1 N–H and O–H groups in total. The zero-order valence-corrected chi connectivity index (χ0v) is 16.1. The molecule has 0 saturated carbocycles. The van der Waals surface area contributed by atoms with Crippen molar-refractivity contribution in [1.29, 1.82) is 0 Å². The Bertz CT molecular complexity index is 1170. The van der Waals surface area contributed by atoms with E-state index in [4.69, 9.17) is 4.74 Å². The SMILES string of the molecule is Cc1nn(-c2ccccc2)cc1C(=O)Oc1ccc(C(=O)Nc2cccnc2)cc1. The van der Waals surface area contributed by atoms with Gasteiger partial charge in [-0.3, -0.25) is 9.78 Å². The number of nitrogens with one attached hydrogen (secondary N) is 1. The van der Waals surface area contributed by atoms with Crippen LogP contribution >= 0.6 is 0 Å². The average molecular weight is 398 g/mol. The van der Waals surface area contributed by atoms with Crippen molar-refractivity contribution < 1.29 is 14.3 Å². The van der Waals surface area contributed by atoms with Crippen LogP contribution < -0.4 is 10.1 Å². The van der Waals surface area contributed by atoms with Crippen LogP contribution in [-0.2, 0) is 0 Å². The predicted molar refractivity (Wildman–Crippen MR) is 112 cm³/mol. The zero-order chi connectivity index (χ0) is 20.9. The fraction of sp³-hybridized carbons (Fsp3) is 0.0435. The van der Waals surface area contributed by atoms with E-state index < -0.39 is 5.97 Å². The fourth-order valence-electron chi connectivity index (χ4n) is 2.85. The number of benzene rings is 2. The van der Waals surface area contributed by atoms with E-state index in [2.05, 4.69) is 15.4 Å². The molecular weight excluding hydrogens is 380 g/mol. The van der Waals surface area contributed by atoms with Crippen LogP contribution in [0.2, 0.25) is 0 Å². The first kappa shape index (κ1) is 19.1. The molecule has 0 aliphatic rings. The number of anilines is 1. The molecule has 4 rings (SSSR count). The normalized spacial score (nSPS) is 10.4. The monoisotopic (exact) mass is 398 g/mol. The first-order valence-electron chi connectivity index (χ1n) is 9.25. The molecule has 4 aromatic rings. The molecule has 0 fully saturated rings. The van der Waals surface area contributed by atoms with Crippen LogP contribution in [0.1, 0.15) is 26.4 Å². The highest BCUT2D eigenvalue weighted by atomic mass is 16.5. The molecule has 30 heavy (non-hydrogen) atoms. The molecule has 0 spiro atoms. The summed E-state index contributed by atoms with van der Waals surface area (Å²) in [6.07, 6.45) is 4.83. The molecule has 1 amide bonds. The van der Waals surface area contributed by atoms with Crippen LogP contribution in [0.15, 0.2) is 85.3 Å². The number of carbonyl (C=O) groups is 2. The summed E-state index contributed by atoms with van der Waals surface area (Å²) in [6, 6.07) is 19.3. The third-order valence-electron chi connectivity index (χ3n) is 4.39. The minimum atomic E-state index is -0.512. The third-order valence-corrected chi connectivity index (χ3v) is 4.39. The standard InChI is InChI=1S/C23H18N4O3/c1-16-21(15-27(26-16)19-7-3-2-4-8-19)23(29)30-20-11-9-17(10-12-20)22(28)25-18-6-5-13-24-14-18/h2-15H,1H3,(H,25,28). The molecule has 0 aliphatic carbocycles. The van der Waals surface area contributed by atoms with E-state index in [0.717, 1.165) is 5.69 Å². The Kier molecular flexibility index (Phi) is 5.34. The Labute approximate surface area is 173 Å². The van der Waals surface area contributed by atoms with Crippen LogP contribution in [0.25, 0.3) is 5.69 Å². The largest absolute Gasteiger partial charge is 0.423 e. The van der Waals surface area contributed by atoms with Gasteiger partial charge in [-0.1, -0.05) is 18.2 Å². The number of ether oxygens (including phenoxy) is 1. The van der Waals surface area contributed by atoms with E-state index in [-0.39, 0.29) is 5.91 Å². The number of amides is 1. The van der Waals surface area contributed by atoms with Gasteiger partial charge >= 0.3 is 5.97 Å². The topological polar surface area (TPSA) is 86.1 Å². The third kappa shape index (κ3) is 4.25. The highest BCUT2D eigenvalue weighted by Gasteiger charge is 2.17. The maximum absolute atomic E-state index is 12.6. The van der Waals surface area contributed by atoms with Crippen molar-refractivity contribution in [3.05, 3.63) is 102 Å². The minimum Gasteiger partial charge on any atom is -0.423 e. The quantitative estimate of drug-likeness (QED) is 0.405. The Balaban J connectivity index is 1.44. The van der Waals surface area contributed by atoms with Crippen molar-refractivity contribution in [2.75, 3.05) is 5.32 Å². The summed E-state index contributed by atoms with van der Waals surface area (Å²) in [5.41, 5.74) is 2.83. The number of hydrogen-bond donors (Lipinski definition) is 1. The highest BCUT2D eigenvalue weighted by Crippen LogP contribution is 2.18. The van der Waals surface area contributed by atoms with Crippen LogP contribution in [0.3, 0.4) is 0 Å². The van der Waals surface area contributed by atoms with Crippen molar-refractivity contribution in [3.63, 3.8) is 0 Å². The maximum Gasteiger partial charge on any atom is 0.347 e. The number of rotatable bonds is 5. The number of aryl methyl sites for hydroxylation is 1. The molecule has 7 heteroatoms. The van der Waals surface area contributed by atoms with Crippen LogP contribution in [0.5, 0.6) is 5.75 Å². The van der Waals surface area contributed by atoms with Gasteiger partial charge in [0.05, 0.1) is 23.3 Å². The van der Waals surface area contributed by atoms with E-state index in [1.54, 1.807) is 66.6 Å². The summed E-state index contributed by atoms with van der Waals surface area (Å²) in [6.45, 7) is 1.75. The molecule has 148 valence electrons. The predicted octanol–water partition coefficient (Wildman–Crippen LogP) is 4.05. The maximum atomic E-state index is 12.6. The lowest BCUT2D eigenvalue weighted by atomic mass is 10.2. The van der Waals surface area contributed by atoms with Gasteiger partial charge in [-0.2, -0.15) is 5.10 Å². The Morgan fingerprint density at radius 2 is 1.73 bits per heavy atom. The minimum absolute atomic E-state index is 0.277. The summed E-state index contributed by atoms with van der Waals surface area (Å²) in [4.78, 5) is 28.8. The molecular formula is C23H18N4O3. The number of nitrogens with zero attached hydrogens (tertiary/aromatic N) is 3. The van der Waals surface area contributed by atoms with Crippen molar-refractivity contribution in [2.45, 2.75) is 6.92 Å². The van der Waals surface area contributed by atoms with Crippen molar-refractivity contribution in [1.82, 2.24) is 14.8 Å². The molecule has 0 aliphatic heterocycles. The van der Waals surface area contributed by atoms with E-state index in [9.17, 15) is 9.59 Å². The molecule has 0 atom stereocenters. The Morgan fingerprint density at radius 1 is 0.967 bits per heavy atom. The average Bonchev–Trinajstić information content (AvgIpc) is 3.17. The van der Waals surface area contributed by atoms with E-state index in [1.165, 1.54) is 0 Å². The molecule has 0 bridgehead atoms. The number of aromatic nitrogens is 3. The molecule has 2 aromatic carbocycles. The first-order chi connectivity index (χ1) is 14.6. The second-order valence-corrected chi connectivity index (χ2v) is 6.52.